The quantitative estimate of drug-likeness (QED) is 0.366. The first kappa shape index (κ1) is 24.0. The van der Waals surface area contributed by atoms with E-state index < -0.39 is 0 Å². The molecule has 1 saturated heterocycles. The monoisotopic (exact) mass is 488 g/mol. The number of carbonyl (C=O) groups is 1. The summed E-state index contributed by atoms with van der Waals surface area (Å²) in [4.78, 5) is 16.5. The highest BCUT2D eigenvalue weighted by Crippen LogP contribution is 2.44. The minimum absolute atomic E-state index is 0.0125. The number of aromatic nitrogens is 2. The Labute approximate surface area is 213 Å². The molecular weight excluding hydrogens is 452 g/mol. The fourth-order valence-electron chi connectivity index (χ4n) is 5.16. The van der Waals surface area contributed by atoms with Crippen LogP contribution in [0.3, 0.4) is 0 Å². The van der Waals surface area contributed by atoms with Crippen LogP contribution in [0.2, 0.25) is 0 Å². The number of urea groups is 1. The van der Waals surface area contributed by atoms with Gasteiger partial charge in [-0.2, -0.15) is 5.10 Å². The molecule has 0 spiro atoms. The summed E-state index contributed by atoms with van der Waals surface area (Å²) >= 11 is 1.83. The zero-order valence-corrected chi connectivity index (χ0v) is 21.8. The van der Waals surface area contributed by atoms with Gasteiger partial charge in [0.05, 0.1) is 5.69 Å². The molecular formula is C29H36N4OS. The standard InChI is InChI=1S/C29H36N4OS/c1-4-35-24-14-10-21(11-15-24)17-30-29(34)32-18-25(22-8-6-5-7-9-22)26(19-32)28-16-27(23-12-13-23)31-33(28)20(2)3/h5-11,14-16,20,23,25-26H,4,12-13,17-19H2,1-3H3,(H,30,34)/t25-,26+/m0/s1. The Morgan fingerprint density at radius 1 is 1.06 bits per heavy atom. The summed E-state index contributed by atoms with van der Waals surface area (Å²) < 4.78 is 2.21. The molecule has 1 aliphatic carbocycles. The molecule has 6 heteroatoms. The molecule has 35 heavy (non-hydrogen) atoms. The molecule has 1 N–H and O–H groups in total. The maximum atomic E-state index is 13.3. The van der Waals surface area contributed by atoms with Crippen molar-refractivity contribution in [2.24, 2.45) is 0 Å². The summed E-state index contributed by atoms with van der Waals surface area (Å²) in [7, 11) is 0. The van der Waals surface area contributed by atoms with Gasteiger partial charge in [0.25, 0.3) is 0 Å². The average molecular weight is 489 g/mol. The van der Waals surface area contributed by atoms with Crippen molar-refractivity contribution in [3.05, 3.63) is 83.2 Å². The maximum absolute atomic E-state index is 13.3. The molecule has 5 rings (SSSR count). The van der Waals surface area contributed by atoms with Crippen molar-refractivity contribution in [1.29, 1.82) is 0 Å². The molecule has 3 aromatic rings. The minimum atomic E-state index is 0.0125. The molecule has 2 aromatic carbocycles. The van der Waals surface area contributed by atoms with Gasteiger partial charge in [-0.25, -0.2) is 4.79 Å². The van der Waals surface area contributed by atoms with E-state index in [-0.39, 0.29) is 17.9 Å². The number of hydrogen-bond donors (Lipinski definition) is 1. The Balaban J connectivity index is 1.34. The molecule has 0 bridgehead atoms. The third-order valence-corrected chi connectivity index (χ3v) is 8.06. The minimum Gasteiger partial charge on any atom is -0.334 e. The van der Waals surface area contributed by atoms with Crippen molar-refractivity contribution in [3.8, 4) is 0 Å². The number of carbonyl (C=O) groups excluding carboxylic acids is 1. The second-order valence-corrected chi connectivity index (χ2v) is 11.4. The normalized spacial score (nSPS) is 19.9. The molecule has 1 aromatic heterocycles. The number of nitrogens with zero attached hydrogens (tertiary/aromatic N) is 3. The van der Waals surface area contributed by atoms with E-state index in [0.29, 0.717) is 31.6 Å². The number of hydrogen-bond acceptors (Lipinski definition) is 3. The van der Waals surface area contributed by atoms with Crippen LogP contribution in [0.1, 0.15) is 79.9 Å². The number of thioether (sulfide) groups is 1. The Hall–Kier alpha value is -2.73. The van der Waals surface area contributed by atoms with Crippen LogP contribution in [-0.4, -0.2) is 39.6 Å². The fourth-order valence-corrected chi connectivity index (χ4v) is 5.83. The topological polar surface area (TPSA) is 50.2 Å². The molecule has 0 radical (unpaired) electrons. The van der Waals surface area contributed by atoms with Crippen LogP contribution in [0, 0.1) is 0 Å². The molecule has 0 unspecified atom stereocenters. The maximum Gasteiger partial charge on any atom is 0.317 e. The van der Waals surface area contributed by atoms with Crippen molar-refractivity contribution >= 4 is 17.8 Å². The number of nitrogens with one attached hydrogen (secondary N) is 1. The molecule has 2 amide bonds. The van der Waals surface area contributed by atoms with E-state index in [9.17, 15) is 4.79 Å². The second kappa shape index (κ2) is 10.5. The van der Waals surface area contributed by atoms with E-state index in [4.69, 9.17) is 5.10 Å². The zero-order valence-electron chi connectivity index (χ0n) is 21.0. The lowest BCUT2D eigenvalue weighted by atomic mass is 9.86. The summed E-state index contributed by atoms with van der Waals surface area (Å²) in [6.45, 7) is 8.53. The van der Waals surface area contributed by atoms with Gasteiger partial charge in [0.15, 0.2) is 0 Å². The molecule has 1 aliphatic heterocycles. The van der Waals surface area contributed by atoms with Crippen LogP contribution in [-0.2, 0) is 6.54 Å². The molecule has 2 atom stereocenters. The van der Waals surface area contributed by atoms with Crippen molar-refractivity contribution in [2.45, 2.75) is 68.8 Å². The van der Waals surface area contributed by atoms with Gasteiger partial charge in [-0.3, -0.25) is 4.68 Å². The summed E-state index contributed by atoms with van der Waals surface area (Å²) in [5.41, 5.74) is 4.92. The lowest BCUT2D eigenvalue weighted by Gasteiger charge is -2.21. The molecule has 2 fully saturated rings. The van der Waals surface area contributed by atoms with Crippen molar-refractivity contribution in [1.82, 2.24) is 20.0 Å². The number of amides is 2. The van der Waals surface area contributed by atoms with Crippen molar-refractivity contribution < 1.29 is 4.79 Å². The first-order chi connectivity index (χ1) is 17.0. The highest BCUT2D eigenvalue weighted by molar-refractivity contribution is 7.99. The van der Waals surface area contributed by atoms with Gasteiger partial charge in [-0.15, -0.1) is 11.8 Å². The summed E-state index contributed by atoms with van der Waals surface area (Å²) in [5.74, 6) is 2.17. The predicted molar refractivity (Wildman–Crippen MR) is 143 cm³/mol. The van der Waals surface area contributed by atoms with E-state index in [0.717, 1.165) is 11.3 Å². The third kappa shape index (κ3) is 5.43. The van der Waals surface area contributed by atoms with E-state index >= 15 is 0 Å². The Morgan fingerprint density at radius 3 is 2.43 bits per heavy atom. The number of likely N-dealkylation sites (tertiary alicyclic amines) is 1. The molecule has 184 valence electrons. The Kier molecular flexibility index (Phi) is 7.19. The summed E-state index contributed by atoms with van der Waals surface area (Å²) in [6, 6.07) is 21.8. The second-order valence-electron chi connectivity index (χ2n) is 10.1. The fraction of sp³-hybridized carbons (Fsp3) is 0.448. The highest BCUT2D eigenvalue weighted by atomic mass is 32.2. The number of rotatable bonds is 8. The van der Waals surface area contributed by atoms with Gasteiger partial charge in [-0.05, 0) is 61.8 Å². The van der Waals surface area contributed by atoms with E-state index in [1.807, 2.05) is 16.7 Å². The summed E-state index contributed by atoms with van der Waals surface area (Å²) in [5, 5.41) is 8.17. The predicted octanol–water partition coefficient (Wildman–Crippen LogP) is 6.55. The van der Waals surface area contributed by atoms with Crippen LogP contribution >= 0.6 is 11.8 Å². The van der Waals surface area contributed by atoms with Crippen LogP contribution in [0.25, 0.3) is 0 Å². The van der Waals surface area contributed by atoms with Crippen molar-refractivity contribution in [2.75, 3.05) is 18.8 Å². The molecule has 2 aliphatic rings. The molecule has 5 nitrogen and oxygen atoms in total. The van der Waals surface area contributed by atoms with Gasteiger partial charge in [-0.1, -0.05) is 49.4 Å². The lowest BCUT2D eigenvalue weighted by molar-refractivity contribution is 0.207. The zero-order chi connectivity index (χ0) is 24.4. The average Bonchev–Trinajstić information content (AvgIpc) is 3.46. The first-order valence-electron chi connectivity index (χ1n) is 12.9. The van der Waals surface area contributed by atoms with E-state index in [1.54, 1.807) is 0 Å². The van der Waals surface area contributed by atoms with Gasteiger partial charge in [0, 0.05) is 54.0 Å². The SMILES string of the molecule is CCSc1ccc(CNC(=O)N2C[C@@H](c3ccccc3)[C@H](c3cc(C4CC4)nn3C(C)C)C2)cc1. The van der Waals surface area contributed by atoms with Crippen molar-refractivity contribution in [3.63, 3.8) is 0 Å². The first-order valence-corrected chi connectivity index (χ1v) is 13.9. The van der Waals surface area contributed by atoms with Crippen LogP contribution in [0.15, 0.2) is 65.6 Å². The lowest BCUT2D eigenvalue weighted by Crippen LogP contribution is -2.38. The molecule has 1 saturated carbocycles. The van der Waals surface area contributed by atoms with E-state index in [2.05, 4.69) is 91.4 Å². The van der Waals surface area contributed by atoms with Gasteiger partial charge >= 0.3 is 6.03 Å². The Bertz CT molecular complexity index is 1140. The summed E-state index contributed by atoms with van der Waals surface area (Å²) in [6.07, 6.45) is 2.49. The van der Waals surface area contributed by atoms with Crippen LogP contribution in [0.4, 0.5) is 4.79 Å². The van der Waals surface area contributed by atoms with Gasteiger partial charge in [0.1, 0.15) is 0 Å². The smallest absolute Gasteiger partial charge is 0.317 e. The molecule has 2 heterocycles. The van der Waals surface area contributed by atoms with Crippen LogP contribution < -0.4 is 5.32 Å². The third-order valence-electron chi connectivity index (χ3n) is 7.16. The van der Waals surface area contributed by atoms with Gasteiger partial charge < -0.3 is 10.2 Å². The van der Waals surface area contributed by atoms with E-state index in [1.165, 1.54) is 34.7 Å². The number of benzene rings is 2. The van der Waals surface area contributed by atoms with Crippen LogP contribution in [0.5, 0.6) is 0 Å². The largest absolute Gasteiger partial charge is 0.334 e. The highest BCUT2D eigenvalue weighted by Gasteiger charge is 2.40. The Morgan fingerprint density at radius 2 is 1.77 bits per heavy atom. The van der Waals surface area contributed by atoms with Gasteiger partial charge in [0.2, 0.25) is 0 Å².